The molecule has 7 heteroatoms. The van der Waals surface area contributed by atoms with Gasteiger partial charge in [0.1, 0.15) is 5.82 Å². The van der Waals surface area contributed by atoms with E-state index in [1.807, 2.05) is 53.3 Å². The van der Waals surface area contributed by atoms with Gasteiger partial charge in [-0.3, -0.25) is 14.7 Å². The first-order valence-electron chi connectivity index (χ1n) is 10.7. The summed E-state index contributed by atoms with van der Waals surface area (Å²) in [6, 6.07) is 16.1. The molecule has 1 saturated heterocycles. The van der Waals surface area contributed by atoms with Gasteiger partial charge in [0.05, 0.1) is 11.4 Å². The molecule has 0 spiro atoms. The summed E-state index contributed by atoms with van der Waals surface area (Å²) in [7, 11) is 0. The summed E-state index contributed by atoms with van der Waals surface area (Å²) in [5.41, 5.74) is 2.04. The van der Waals surface area contributed by atoms with Crippen molar-refractivity contribution in [3.8, 4) is 5.69 Å². The minimum atomic E-state index is -0.172. The highest BCUT2D eigenvalue weighted by atomic mass is 16.2. The van der Waals surface area contributed by atoms with E-state index in [1.165, 1.54) is 0 Å². The van der Waals surface area contributed by atoms with Crippen LogP contribution in [0.5, 0.6) is 0 Å². The maximum atomic E-state index is 12.9. The fourth-order valence-electron chi connectivity index (χ4n) is 3.99. The molecule has 154 valence electrons. The van der Waals surface area contributed by atoms with Gasteiger partial charge in [-0.05, 0) is 49.9 Å². The van der Waals surface area contributed by atoms with Gasteiger partial charge in [0.15, 0.2) is 0 Å². The van der Waals surface area contributed by atoms with E-state index in [0.29, 0.717) is 5.92 Å². The Balaban J connectivity index is 1.21. The van der Waals surface area contributed by atoms with Gasteiger partial charge in [0, 0.05) is 37.8 Å². The van der Waals surface area contributed by atoms with Crippen LogP contribution in [0.3, 0.4) is 0 Å². The molecule has 1 amide bonds. The first-order valence-corrected chi connectivity index (χ1v) is 10.7. The number of rotatable bonds is 6. The molecular weight excluding hydrogens is 376 g/mol. The number of hydrogen-bond acceptors (Lipinski definition) is 5. The van der Waals surface area contributed by atoms with E-state index in [-0.39, 0.29) is 17.8 Å². The van der Waals surface area contributed by atoms with E-state index in [0.717, 1.165) is 62.5 Å². The van der Waals surface area contributed by atoms with Gasteiger partial charge in [-0.2, -0.15) is 0 Å². The molecule has 0 radical (unpaired) electrons. The van der Waals surface area contributed by atoms with Crippen molar-refractivity contribution < 1.29 is 4.79 Å². The Kier molecular flexibility index (Phi) is 5.27. The minimum Gasteiger partial charge on any atom is -0.346 e. The van der Waals surface area contributed by atoms with Crippen LogP contribution in [0.4, 0.5) is 0 Å². The number of nitrogens with zero attached hydrogens (tertiary/aromatic N) is 5. The molecule has 5 rings (SSSR count). The molecule has 7 nitrogen and oxygen atoms in total. The zero-order valence-electron chi connectivity index (χ0n) is 16.9. The zero-order valence-corrected chi connectivity index (χ0v) is 16.9. The number of amides is 1. The molecule has 1 aliphatic carbocycles. The molecular formula is C23H26N6O. The van der Waals surface area contributed by atoms with E-state index in [9.17, 15) is 4.79 Å². The lowest BCUT2D eigenvalue weighted by Crippen LogP contribution is -2.44. The normalized spacial score (nSPS) is 17.7. The molecule has 3 heterocycles. The van der Waals surface area contributed by atoms with E-state index in [1.54, 1.807) is 0 Å². The third-order valence-electron chi connectivity index (χ3n) is 5.81. The van der Waals surface area contributed by atoms with Crippen LogP contribution in [0.25, 0.3) is 5.69 Å². The van der Waals surface area contributed by atoms with Crippen LogP contribution in [-0.4, -0.2) is 49.7 Å². The van der Waals surface area contributed by atoms with Crippen LogP contribution in [0.15, 0.2) is 54.7 Å². The van der Waals surface area contributed by atoms with Gasteiger partial charge in [0.2, 0.25) is 5.82 Å². The summed E-state index contributed by atoms with van der Waals surface area (Å²) in [5.74, 6) is 1.41. The largest absolute Gasteiger partial charge is 0.346 e. The number of nitrogens with one attached hydrogen (secondary N) is 1. The van der Waals surface area contributed by atoms with Crippen LogP contribution in [0.2, 0.25) is 0 Å². The number of likely N-dealkylation sites (tertiary alicyclic amines) is 1. The summed E-state index contributed by atoms with van der Waals surface area (Å²) in [5, 5.41) is 7.70. The molecule has 1 saturated carbocycles. The van der Waals surface area contributed by atoms with E-state index in [2.05, 4.69) is 31.3 Å². The quantitative estimate of drug-likeness (QED) is 0.686. The molecule has 1 aliphatic heterocycles. The van der Waals surface area contributed by atoms with Crippen LogP contribution in [0.1, 0.15) is 53.7 Å². The van der Waals surface area contributed by atoms with Gasteiger partial charge in [-0.1, -0.05) is 24.3 Å². The number of carbonyl (C=O) groups is 1. The molecule has 1 aromatic carbocycles. The molecule has 3 aromatic rings. The maximum Gasteiger partial charge on any atom is 0.291 e. The first-order chi connectivity index (χ1) is 14.8. The zero-order chi connectivity index (χ0) is 20.3. The van der Waals surface area contributed by atoms with E-state index < -0.39 is 0 Å². The number of piperidine rings is 1. The number of aromatic nitrogens is 4. The lowest BCUT2D eigenvalue weighted by molar-refractivity contribution is 0.0898. The highest BCUT2D eigenvalue weighted by Crippen LogP contribution is 2.39. The SMILES string of the molecule is O=C(NC1CCN(Cc2ccccn2)CC1)c1nc(C2CC2)n(-c2ccccc2)n1. The Morgan fingerprint density at radius 3 is 2.47 bits per heavy atom. The Labute approximate surface area is 176 Å². The van der Waals surface area contributed by atoms with Crippen molar-refractivity contribution in [1.82, 2.24) is 30.0 Å². The Bertz CT molecular complexity index is 991. The molecule has 2 fully saturated rings. The van der Waals surface area contributed by atoms with Gasteiger partial charge in [0.25, 0.3) is 5.91 Å². The second kappa shape index (κ2) is 8.36. The fourth-order valence-corrected chi connectivity index (χ4v) is 3.99. The van der Waals surface area contributed by atoms with Crippen molar-refractivity contribution in [2.45, 2.75) is 44.2 Å². The molecule has 0 bridgehead atoms. The van der Waals surface area contributed by atoms with Crippen LogP contribution < -0.4 is 5.32 Å². The number of pyridine rings is 1. The lowest BCUT2D eigenvalue weighted by Gasteiger charge is -2.31. The lowest BCUT2D eigenvalue weighted by atomic mass is 10.0. The third-order valence-corrected chi connectivity index (χ3v) is 5.81. The average molecular weight is 403 g/mol. The molecule has 1 N–H and O–H groups in total. The Hall–Kier alpha value is -3.06. The van der Waals surface area contributed by atoms with Crippen molar-refractivity contribution in [3.05, 3.63) is 72.1 Å². The minimum absolute atomic E-state index is 0.158. The number of para-hydroxylation sites is 1. The van der Waals surface area contributed by atoms with Gasteiger partial charge >= 0.3 is 0 Å². The van der Waals surface area contributed by atoms with E-state index in [4.69, 9.17) is 0 Å². The van der Waals surface area contributed by atoms with Crippen molar-refractivity contribution in [1.29, 1.82) is 0 Å². The standard InChI is InChI=1S/C23H26N6O/c30-23(25-18-11-14-28(15-12-18)16-19-6-4-5-13-24-19)21-26-22(17-9-10-17)29(27-21)20-7-2-1-3-8-20/h1-8,13,17-18H,9-12,14-16H2,(H,25,30). The second-order valence-corrected chi connectivity index (χ2v) is 8.16. The molecule has 30 heavy (non-hydrogen) atoms. The molecule has 0 unspecified atom stereocenters. The van der Waals surface area contributed by atoms with Crippen LogP contribution >= 0.6 is 0 Å². The monoisotopic (exact) mass is 402 g/mol. The topological polar surface area (TPSA) is 75.9 Å². The van der Waals surface area contributed by atoms with Gasteiger partial charge < -0.3 is 5.32 Å². The molecule has 0 atom stereocenters. The average Bonchev–Trinajstić information content (AvgIpc) is 3.54. The smallest absolute Gasteiger partial charge is 0.291 e. The Morgan fingerprint density at radius 1 is 1.00 bits per heavy atom. The van der Waals surface area contributed by atoms with Crippen molar-refractivity contribution in [2.24, 2.45) is 0 Å². The number of carbonyl (C=O) groups excluding carboxylic acids is 1. The van der Waals surface area contributed by atoms with Crippen molar-refractivity contribution >= 4 is 5.91 Å². The third kappa shape index (κ3) is 4.26. The first kappa shape index (κ1) is 18.9. The number of hydrogen-bond donors (Lipinski definition) is 1. The summed E-state index contributed by atoms with van der Waals surface area (Å²) in [6.07, 6.45) is 5.91. The summed E-state index contributed by atoms with van der Waals surface area (Å²) in [6.45, 7) is 2.75. The van der Waals surface area contributed by atoms with Gasteiger partial charge in [-0.15, -0.1) is 5.10 Å². The van der Waals surface area contributed by atoms with Crippen LogP contribution in [-0.2, 0) is 6.54 Å². The van der Waals surface area contributed by atoms with E-state index >= 15 is 0 Å². The predicted molar refractivity (Wildman–Crippen MR) is 113 cm³/mol. The Morgan fingerprint density at radius 2 is 1.77 bits per heavy atom. The molecule has 2 aromatic heterocycles. The van der Waals surface area contributed by atoms with Crippen molar-refractivity contribution in [2.75, 3.05) is 13.1 Å². The highest BCUT2D eigenvalue weighted by molar-refractivity contribution is 5.90. The highest BCUT2D eigenvalue weighted by Gasteiger charge is 2.32. The summed E-state index contributed by atoms with van der Waals surface area (Å²) < 4.78 is 1.84. The molecule has 2 aliphatic rings. The predicted octanol–water partition coefficient (Wildman–Crippen LogP) is 2.93. The van der Waals surface area contributed by atoms with Gasteiger partial charge in [-0.25, -0.2) is 9.67 Å². The summed E-state index contributed by atoms with van der Waals surface area (Å²) in [4.78, 5) is 24.3. The second-order valence-electron chi connectivity index (χ2n) is 8.16. The number of benzene rings is 1. The maximum absolute atomic E-state index is 12.9. The van der Waals surface area contributed by atoms with Crippen LogP contribution in [0, 0.1) is 0 Å². The summed E-state index contributed by atoms with van der Waals surface area (Å²) >= 11 is 0. The fraction of sp³-hybridized carbons (Fsp3) is 0.391. The van der Waals surface area contributed by atoms with Crippen molar-refractivity contribution in [3.63, 3.8) is 0 Å².